The minimum atomic E-state index is 0.354. The van der Waals surface area contributed by atoms with E-state index in [0.29, 0.717) is 6.04 Å². The second kappa shape index (κ2) is 5.88. The molecule has 1 N–H and O–H groups in total. The summed E-state index contributed by atoms with van der Waals surface area (Å²) in [6, 6.07) is 2.57. The van der Waals surface area contributed by atoms with Crippen molar-refractivity contribution in [1.82, 2.24) is 24.7 Å². The number of nitrogens with zero attached hydrogens (tertiary/aromatic N) is 5. The largest absolute Gasteiger partial charge is 0.365 e. The van der Waals surface area contributed by atoms with Crippen molar-refractivity contribution in [3.63, 3.8) is 0 Å². The van der Waals surface area contributed by atoms with Crippen LogP contribution in [0.1, 0.15) is 36.8 Å². The third-order valence-electron chi connectivity index (χ3n) is 4.41. The summed E-state index contributed by atoms with van der Waals surface area (Å²) < 4.78 is 2.25. The maximum atomic E-state index is 4.48. The van der Waals surface area contributed by atoms with E-state index in [1.54, 1.807) is 17.7 Å². The van der Waals surface area contributed by atoms with Crippen LogP contribution in [0, 0.1) is 0 Å². The lowest BCUT2D eigenvalue weighted by molar-refractivity contribution is 0.465. The van der Waals surface area contributed by atoms with Crippen LogP contribution in [-0.2, 0) is 25.8 Å². The molecule has 0 fully saturated rings. The van der Waals surface area contributed by atoms with Crippen LogP contribution in [0.2, 0.25) is 0 Å². The maximum absolute atomic E-state index is 4.48. The fraction of sp³-hybridized carbons (Fsp3) is 0.500. The Bertz CT molecular complexity index is 823. The lowest BCUT2D eigenvalue weighted by Gasteiger charge is -2.25. The first-order valence-electron chi connectivity index (χ1n) is 8.19. The second-order valence-corrected chi connectivity index (χ2v) is 7.00. The van der Waals surface area contributed by atoms with Gasteiger partial charge in [-0.2, -0.15) is 0 Å². The molecule has 0 aromatic carbocycles. The van der Waals surface area contributed by atoms with Crippen molar-refractivity contribution in [2.45, 2.75) is 52.1 Å². The lowest BCUT2D eigenvalue weighted by Crippen LogP contribution is -2.32. The molecule has 0 radical (unpaired) electrons. The zero-order chi connectivity index (χ0) is 15.8. The number of anilines is 1. The van der Waals surface area contributed by atoms with Gasteiger partial charge in [0.05, 0.1) is 5.39 Å². The van der Waals surface area contributed by atoms with Gasteiger partial charge in [-0.3, -0.25) is 0 Å². The minimum Gasteiger partial charge on any atom is -0.365 e. The second-order valence-electron chi connectivity index (χ2n) is 5.88. The Morgan fingerprint density at radius 3 is 3.00 bits per heavy atom. The SMILES string of the molecule is CCc1cc2c(NC3CCc4nnc(CC)n4C3)ncnc2s1. The number of nitrogens with one attached hydrogen (secondary N) is 1. The number of fused-ring (bicyclic) bond motifs is 2. The van der Waals surface area contributed by atoms with Crippen molar-refractivity contribution in [1.29, 1.82) is 0 Å². The average molecular weight is 328 g/mol. The Morgan fingerprint density at radius 1 is 1.26 bits per heavy atom. The number of hydrogen-bond acceptors (Lipinski definition) is 6. The molecule has 6 nitrogen and oxygen atoms in total. The van der Waals surface area contributed by atoms with E-state index in [1.165, 1.54) is 4.88 Å². The normalized spacial score (nSPS) is 17.4. The van der Waals surface area contributed by atoms with Crippen LogP contribution in [0.5, 0.6) is 0 Å². The Labute approximate surface area is 139 Å². The van der Waals surface area contributed by atoms with Gasteiger partial charge < -0.3 is 9.88 Å². The van der Waals surface area contributed by atoms with E-state index in [9.17, 15) is 0 Å². The van der Waals surface area contributed by atoms with Crippen LogP contribution in [0.25, 0.3) is 10.2 Å². The van der Waals surface area contributed by atoms with Gasteiger partial charge in [0.15, 0.2) is 0 Å². The van der Waals surface area contributed by atoms with Gasteiger partial charge in [-0.25, -0.2) is 9.97 Å². The molecule has 0 bridgehead atoms. The third-order valence-corrected chi connectivity index (χ3v) is 5.60. The van der Waals surface area contributed by atoms with Crippen molar-refractivity contribution in [3.05, 3.63) is 28.9 Å². The monoisotopic (exact) mass is 328 g/mol. The number of aromatic nitrogens is 5. The highest BCUT2D eigenvalue weighted by Crippen LogP contribution is 2.29. The highest BCUT2D eigenvalue weighted by atomic mass is 32.1. The smallest absolute Gasteiger partial charge is 0.138 e. The molecule has 1 unspecified atom stereocenters. The molecule has 23 heavy (non-hydrogen) atoms. The molecular formula is C16H20N6S. The molecule has 1 aliphatic heterocycles. The highest BCUT2D eigenvalue weighted by Gasteiger charge is 2.23. The zero-order valence-corrected chi connectivity index (χ0v) is 14.2. The summed E-state index contributed by atoms with van der Waals surface area (Å²) in [5, 5.41) is 13.3. The van der Waals surface area contributed by atoms with Gasteiger partial charge >= 0.3 is 0 Å². The van der Waals surface area contributed by atoms with Crippen molar-refractivity contribution in [2.24, 2.45) is 0 Å². The first-order chi connectivity index (χ1) is 11.3. The average Bonchev–Trinajstić information content (AvgIpc) is 3.18. The fourth-order valence-electron chi connectivity index (χ4n) is 3.15. The standard InChI is InChI=1S/C16H20N6S/c1-3-11-7-12-15(17-9-18-16(12)23-11)19-10-5-6-14-21-20-13(4-2)22(14)8-10/h7,9-10H,3-6,8H2,1-2H3,(H,17,18,19). The van der Waals surface area contributed by atoms with Gasteiger partial charge in [0.2, 0.25) is 0 Å². The number of thiophene rings is 1. The van der Waals surface area contributed by atoms with E-state index in [4.69, 9.17) is 0 Å². The summed E-state index contributed by atoms with van der Waals surface area (Å²) >= 11 is 1.75. The quantitative estimate of drug-likeness (QED) is 0.797. The van der Waals surface area contributed by atoms with Crippen LogP contribution in [0.3, 0.4) is 0 Å². The summed E-state index contributed by atoms with van der Waals surface area (Å²) in [6.45, 7) is 5.20. The topological polar surface area (TPSA) is 68.5 Å². The van der Waals surface area contributed by atoms with Gasteiger partial charge in [0, 0.05) is 30.3 Å². The molecule has 1 aliphatic rings. The van der Waals surface area contributed by atoms with Gasteiger partial charge in [-0.05, 0) is 18.9 Å². The van der Waals surface area contributed by atoms with Crippen molar-refractivity contribution in [2.75, 3.05) is 5.32 Å². The molecule has 7 heteroatoms. The van der Waals surface area contributed by atoms with E-state index < -0.39 is 0 Å². The summed E-state index contributed by atoms with van der Waals surface area (Å²) in [7, 11) is 0. The van der Waals surface area contributed by atoms with E-state index in [0.717, 1.165) is 59.9 Å². The number of hydrogen-bond donors (Lipinski definition) is 1. The maximum Gasteiger partial charge on any atom is 0.138 e. The molecule has 4 rings (SSSR count). The van der Waals surface area contributed by atoms with Crippen LogP contribution < -0.4 is 5.32 Å². The van der Waals surface area contributed by atoms with Crippen LogP contribution in [-0.4, -0.2) is 30.8 Å². The van der Waals surface area contributed by atoms with Crippen LogP contribution >= 0.6 is 11.3 Å². The predicted octanol–water partition coefficient (Wildman–Crippen LogP) is 2.83. The number of aryl methyl sites for hydroxylation is 3. The molecule has 0 spiro atoms. The Balaban J connectivity index is 1.60. The molecule has 3 aromatic heterocycles. The van der Waals surface area contributed by atoms with Crippen LogP contribution in [0.15, 0.2) is 12.4 Å². The van der Waals surface area contributed by atoms with Gasteiger partial charge in [-0.15, -0.1) is 21.5 Å². The Morgan fingerprint density at radius 2 is 2.17 bits per heavy atom. The fourth-order valence-corrected chi connectivity index (χ4v) is 4.09. The molecule has 0 aliphatic carbocycles. The molecule has 0 saturated carbocycles. The molecular weight excluding hydrogens is 308 g/mol. The minimum absolute atomic E-state index is 0.354. The van der Waals surface area contributed by atoms with Gasteiger partial charge in [0.25, 0.3) is 0 Å². The van der Waals surface area contributed by atoms with E-state index >= 15 is 0 Å². The Kier molecular flexibility index (Phi) is 3.72. The molecule has 120 valence electrons. The molecule has 0 amide bonds. The highest BCUT2D eigenvalue weighted by molar-refractivity contribution is 7.18. The van der Waals surface area contributed by atoms with E-state index in [1.807, 2.05) is 0 Å². The van der Waals surface area contributed by atoms with Gasteiger partial charge in [0.1, 0.15) is 28.6 Å². The molecule has 1 atom stereocenters. The summed E-state index contributed by atoms with van der Waals surface area (Å²) in [5.74, 6) is 3.13. The third kappa shape index (κ3) is 2.59. The molecule has 4 heterocycles. The first kappa shape index (κ1) is 14.6. The van der Waals surface area contributed by atoms with Crippen LogP contribution in [0.4, 0.5) is 5.82 Å². The first-order valence-corrected chi connectivity index (χ1v) is 9.01. The van der Waals surface area contributed by atoms with Crippen molar-refractivity contribution >= 4 is 27.4 Å². The van der Waals surface area contributed by atoms with E-state index in [2.05, 4.69) is 50.0 Å². The van der Waals surface area contributed by atoms with Crippen molar-refractivity contribution < 1.29 is 0 Å². The predicted molar refractivity (Wildman–Crippen MR) is 91.9 cm³/mol. The van der Waals surface area contributed by atoms with E-state index in [-0.39, 0.29) is 0 Å². The van der Waals surface area contributed by atoms with Gasteiger partial charge in [-0.1, -0.05) is 13.8 Å². The number of rotatable bonds is 4. The zero-order valence-electron chi connectivity index (χ0n) is 13.4. The molecule has 3 aromatic rings. The summed E-state index contributed by atoms with van der Waals surface area (Å²) in [5.41, 5.74) is 0. The Hall–Kier alpha value is -2.02. The van der Waals surface area contributed by atoms with Crippen molar-refractivity contribution in [3.8, 4) is 0 Å². The molecule has 0 saturated heterocycles. The lowest BCUT2D eigenvalue weighted by atomic mass is 10.1. The summed E-state index contributed by atoms with van der Waals surface area (Å²) in [6.07, 6.45) is 5.63. The summed E-state index contributed by atoms with van der Waals surface area (Å²) in [4.78, 5) is 11.3.